The molecular weight excluding hydrogens is 598 g/mol. The molecule has 1 amide bonds. The fourth-order valence-electron chi connectivity index (χ4n) is 5.64. The number of ether oxygens (including phenoxy) is 4. The van der Waals surface area contributed by atoms with Crippen LogP contribution in [0.3, 0.4) is 0 Å². The third-order valence-electron chi connectivity index (χ3n) is 8.24. The Morgan fingerprint density at radius 1 is 0.702 bits per heavy atom. The lowest BCUT2D eigenvalue weighted by molar-refractivity contribution is -0.143. The molecule has 1 N–H and O–H groups in total. The van der Waals surface area contributed by atoms with E-state index < -0.39 is 12.1 Å². The van der Waals surface area contributed by atoms with E-state index in [1.807, 2.05) is 67.6 Å². The summed E-state index contributed by atoms with van der Waals surface area (Å²) in [6.45, 7) is 3.85. The molecule has 9 nitrogen and oxygen atoms in total. The minimum Gasteiger partial charge on any atom is -0.464 e. The zero-order valence-corrected chi connectivity index (χ0v) is 27.6. The molecule has 1 aliphatic rings. The molecule has 0 unspecified atom stereocenters. The van der Waals surface area contributed by atoms with Gasteiger partial charge in [0.25, 0.3) is 0 Å². The highest BCUT2D eigenvalue weighted by Gasteiger charge is 2.31. The number of esters is 1. The van der Waals surface area contributed by atoms with E-state index in [0.717, 1.165) is 46.2 Å². The molecule has 0 aromatic heterocycles. The molecule has 47 heavy (non-hydrogen) atoms. The Morgan fingerprint density at radius 2 is 1.26 bits per heavy atom. The predicted molar refractivity (Wildman–Crippen MR) is 179 cm³/mol. The van der Waals surface area contributed by atoms with Gasteiger partial charge in [-0.15, -0.1) is 0 Å². The lowest BCUT2D eigenvalue weighted by atomic mass is 9.93. The van der Waals surface area contributed by atoms with Crippen molar-refractivity contribution in [3.63, 3.8) is 0 Å². The number of carbonyl (C=O) groups is 4. The van der Waals surface area contributed by atoms with E-state index >= 15 is 0 Å². The zero-order valence-electron chi connectivity index (χ0n) is 27.6. The van der Waals surface area contributed by atoms with Gasteiger partial charge in [-0.25, -0.2) is 4.79 Å². The maximum absolute atomic E-state index is 13.0. The first-order valence-electron chi connectivity index (χ1n) is 16.3. The molecule has 0 heterocycles. The third-order valence-corrected chi connectivity index (χ3v) is 8.24. The number of ketones is 2. The first kappa shape index (κ1) is 35.5. The average Bonchev–Trinajstić information content (AvgIpc) is 3.39. The monoisotopic (exact) mass is 643 g/mol. The number of carbonyl (C=O) groups excluding carboxylic acids is 4. The van der Waals surface area contributed by atoms with Crippen molar-refractivity contribution >= 4 is 23.6 Å². The van der Waals surface area contributed by atoms with E-state index in [-0.39, 0.29) is 37.1 Å². The van der Waals surface area contributed by atoms with Gasteiger partial charge in [-0.3, -0.25) is 14.4 Å². The second-order valence-corrected chi connectivity index (χ2v) is 11.7. The lowest BCUT2D eigenvalue weighted by Crippen LogP contribution is -2.25. The maximum Gasteiger partial charge on any atom is 0.407 e. The number of alkyl carbamates (subject to hydrolysis) is 1. The smallest absolute Gasteiger partial charge is 0.407 e. The van der Waals surface area contributed by atoms with Crippen LogP contribution in [-0.2, 0) is 36.8 Å². The second kappa shape index (κ2) is 18.1. The molecule has 3 aromatic carbocycles. The number of unbranched alkanes of at least 4 members (excludes halogenated alkanes) is 1. The zero-order chi connectivity index (χ0) is 33.6. The first-order valence-corrected chi connectivity index (χ1v) is 16.3. The van der Waals surface area contributed by atoms with Crippen LogP contribution in [0.5, 0.6) is 0 Å². The van der Waals surface area contributed by atoms with Crippen LogP contribution in [0.2, 0.25) is 0 Å². The number of fused-ring (bicyclic) bond motifs is 3. The van der Waals surface area contributed by atoms with E-state index in [1.54, 1.807) is 14.2 Å². The van der Waals surface area contributed by atoms with Gasteiger partial charge in [0.2, 0.25) is 0 Å². The van der Waals surface area contributed by atoms with Gasteiger partial charge in [0.15, 0.2) is 11.6 Å². The number of hydrogen-bond donors (Lipinski definition) is 1. The van der Waals surface area contributed by atoms with Gasteiger partial charge in [0.05, 0.1) is 6.42 Å². The SMILES string of the molecule is CCCCNC(=O)OCc1ccc(CC(=O)OCC2c3cc(C(=O)CCCOC)ccc3-c3ccc(C(=O)CCCOC)cc32)cc1. The minimum absolute atomic E-state index is 0.0246. The first-order chi connectivity index (χ1) is 22.8. The summed E-state index contributed by atoms with van der Waals surface area (Å²) in [5, 5.41) is 2.71. The molecule has 250 valence electrons. The standard InChI is InChI=1S/C38H45NO8/c1-4-5-18-39-38(43)47-24-27-12-10-26(11-13-27)21-37(42)46-25-34-32-22-28(35(40)8-6-19-44-2)14-16-30(32)31-17-15-29(23-33(31)34)36(41)9-7-20-45-3/h10-17,22-23,34H,4-9,18-21,24-25H2,1-3H3,(H,39,43). The molecule has 1 aliphatic carbocycles. The summed E-state index contributed by atoms with van der Waals surface area (Å²) < 4.78 is 21.3. The van der Waals surface area contributed by atoms with Gasteiger partial charge in [-0.2, -0.15) is 0 Å². The van der Waals surface area contributed by atoms with Crippen molar-refractivity contribution in [1.29, 1.82) is 0 Å². The van der Waals surface area contributed by atoms with Crippen LogP contribution in [0.1, 0.15) is 94.3 Å². The highest BCUT2D eigenvalue weighted by molar-refractivity contribution is 5.99. The molecule has 0 saturated carbocycles. The van der Waals surface area contributed by atoms with Crippen molar-refractivity contribution in [3.05, 3.63) is 94.0 Å². The lowest BCUT2D eigenvalue weighted by Gasteiger charge is -2.16. The van der Waals surface area contributed by atoms with Crippen LogP contribution in [-0.4, -0.2) is 64.2 Å². The number of nitrogens with one attached hydrogen (secondary N) is 1. The highest BCUT2D eigenvalue weighted by atomic mass is 16.5. The van der Waals surface area contributed by atoms with Gasteiger partial charge < -0.3 is 24.3 Å². The summed E-state index contributed by atoms with van der Waals surface area (Å²) >= 11 is 0. The summed E-state index contributed by atoms with van der Waals surface area (Å²) in [5.74, 6) is -0.670. The molecule has 0 atom stereocenters. The van der Waals surface area contributed by atoms with Crippen LogP contribution in [0.25, 0.3) is 11.1 Å². The largest absolute Gasteiger partial charge is 0.464 e. The molecule has 0 bridgehead atoms. The molecule has 0 spiro atoms. The van der Waals surface area contributed by atoms with Crippen LogP contribution in [0.4, 0.5) is 4.79 Å². The predicted octanol–water partition coefficient (Wildman–Crippen LogP) is 6.83. The van der Waals surface area contributed by atoms with Gasteiger partial charge >= 0.3 is 12.1 Å². The Hall–Kier alpha value is -4.34. The fraction of sp³-hybridized carbons (Fsp3) is 0.421. The quantitative estimate of drug-likeness (QED) is 0.0859. The number of amides is 1. The van der Waals surface area contributed by atoms with Crippen LogP contribution < -0.4 is 5.32 Å². The number of rotatable bonds is 19. The van der Waals surface area contributed by atoms with E-state index in [4.69, 9.17) is 18.9 Å². The van der Waals surface area contributed by atoms with Crippen LogP contribution in [0.15, 0.2) is 60.7 Å². The van der Waals surface area contributed by atoms with Crippen molar-refractivity contribution in [2.75, 3.05) is 40.6 Å². The number of benzene rings is 3. The average molecular weight is 644 g/mol. The molecule has 3 aromatic rings. The Bertz CT molecular complexity index is 1460. The number of hydrogen-bond acceptors (Lipinski definition) is 8. The minimum atomic E-state index is -0.452. The Morgan fingerprint density at radius 3 is 1.79 bits per heavy atom. The Labute approximate surface area is 276 Å². The molecular formula is C38H45NO8. The molecule has 0 aliphatic heterocycles. The molecule has 0 radical (unpaired) electrons. The summed E-state index contributed by atoms with van der Waals surface area (Å²) in [7, 11) is 3.23. The van der Waals surface area contributed by atoms with Crippen molar-refractivity contribution in [2.45, 2.75) is 64.4 Å². The van der Waals surface area contributed by atoms with Gasteiger partial charge in [0, 0.05) is 63.9 Å². The Balaban J connectivity index is 1.45. The summed E-state index contributed by atoms with van der Waals surface area (Å²) in [6.07, 6.45) is 3.50. The van der Waals surface area contributed by atoms with Crippen LogP contribution in [0, 0.1) is 0 Å². The van der Waals surface area contributed by atoms with E-state index in [9.17, 15) is 19.2 Å². The van der Waals surface area contributed by atoms with Crippen molar-refractivity contribution in [2.24, 2.45) is 0 Å². The number of methoxy groups -OCH3 is 2. The van der Waals surface area contributed by atoms with E-state index in [0.29, 0.717) is 56.6 Å². The third kappa shape index (κ3) is 10.1. The van der Waals surface area contributed by atoms with Gasteiger partial charge in [-0.1, -0.05) is 61.9 Å². The van der Waals surface area contributed by atoms with Crippen molar-refractivity contribution < 1.29 is 38.1 Å². The van der Waals surface area contributed by atoms with Gasteiger partial charge in [0.1, 0.15) is 13.2 Å². The maximum atomic E-state index is 13.0. The highest BCUT2D eigenvalue weighted by Crippen LogP contribution is 2.46. The summed E-state index contributed by atoms with van der Waals surface area (Å²) in [6, 6.07) is 18.6. The summed E-state index contributed by atoms with van der Waals surface area (Å²) in [4.78, 5) is 50.8. The van der Waals surface area contributed by atoms with Crippen molar-refractivity contribution in [3.8, 4) is 11.1 Å². The molecule has 0 saturated heterocycles. The van der Waals surface area contributed by atoms with Crippen molar-refractivity contribution in [1.82, 2.24) is 5.32 Å². The topological polar surface area (TPSA) is 117 Å². The van der Waals surface area contributed by atoms with Gasteiger partial charge in [-0.05, 0) is 64.8 Å². The normalized spacial score (nSPS) is 11.9. The fourth-order valence-corrected chi connectivity index (χ4v) is 5.64. The van der Waals surface area contributed by atoms with E-state index in [1.165, 1.54) is 0 Å². The molecule has 9 heteroatoms. The molecule has 4 rings (SSSR count). The van der Waals surface area contributed by atoms with E-state index in [2.05, 4.69) is 5.32 Å². The second-order valence-electron chi connectivity index (χ2n) is 11.7. The van der Waals surface area contributed by atoms with Crippen LogP contribution >= 0.6 is 0 Å². The number of Topliss-reactive ketones (excluding diaryl/α,β-unsaturated/α-hetero) is 2. The summed E-state index contributed by atoms with van der Waals surface area (Å²) in [5.41, 5.74) is 6.51. The Kier molecular flexibility index (Phi) is 13.7. The molecule has 0 fully saturated rings.